The van der Waals surface area contributed by atoms with Crippen molar-refractivity contribution >= 4 is 17.2 Å². The number of thiocarbonyl (C=S) groups is 1. The lowest BCUT2D eigenvalue weighted by Gasteiger charge is -2.18. The van der Waals surface area contributed by atoms with E-state index in [0.717, 1.165) is 12.1 Å². The van der Waals surface area contributed by atoms with Crippen LogP contribution in [0.3, 0.4) is 0 Å². The van der Waals surface area contributed by atoms with Gasteiger partial charge in [-0.3, -0.25) is 4.90 Å². The molecule has 0 aromatic heterocycles. The highest BCUT2D eigenvalue weighted by atomic mass is 32.1. The van der Waals surface area contributed by atoms with Gasteiger partial charge in [0.1, 0.15) is 10.8 Å². The molecule has 104 valence electrons. The second-order valence-corrected chi connectivity index (χ2v) is 5.26. The van der Waals surface area contributed by atoms with Gasteiger partial charge in [0, 0.05) is 18.7 Å². The Labute approximate surface area is 124 Å². The van der Waals surface area contributed by atoms with E-state index < -0.39 is 0 Å². The maximum Gasteiger partial charge on any atom is 0.123 e. The molecule has 0 aliphatic carbocycles. The molecule has 0 heterocycles. The molecule has 2 N–H and O–H groups in total. The average Bonchev–Trinajstić information content (AvgIpc) is 2.41. The molecule has 0 saturated carbocycles. The molecule has 0 bridgehead atoms. The summed E-state index contributed by atoms with van der Waals surface area (Å²) in [7, 11) is 2.01. The lowest BCUT2D eigenvalue weighted by atomic mass is 10.1. The number of hydrogen-bond donors (Lipinski definition) is 1. The number of rotatable bonds is 5. The van der Waals surface area contributed by atoms with Crippen molar-refractivity contribution in [3.63, 3.8) is 0 Å². The molecular weight excluding hydrogens is 271 g/mol. The first kappa shape index (κ1) is 14.6. The predicted molar refractivity (Wildman–Crippen MR) is 83.9 cm³/mol. The van der Waals surface area contributed by atoms with Crippen LogP contribution in [-0.4, -0.2) is 16.9 Å². The van der Waals surface area contributed by atoms with Crippen molar-refractivity contribution in [3.05, 3.63) is 71.0 Å². The Morgan fingerprint density at radius 3 is 2.50 bits per heavy atom. The standard InChI is InChI=1S/C16H17FN2S/c1-19(10-12-5-3-2-4-6-12)11-13-7-8-14(17)9-15(13)16(18)20/h2-9H,10-11H2,1H3,(H2,18,20). The summed E-state index contributed by atoms with van der Waals surface area (Å²) in [6.45, 7) is 1.48. The van der Waals surface area contributed by atoms with Gasteiger partial charge in [-0.05, 0) is 30.3 Å². The van der Waals surface area contributed by atoms with Crippen molar-refractivity contribution in [3.8, 4) is 0 Å². The summed E-state index contributed by atoms with van der Waals surface area (Å²) in [6.07, 6.45) is 0. The Morgan fingerprint density at radius 2 is 1.85 bits per heavy atom. The van der Waals surface area contributed by atoms with Crippen LogP contribution in [0.4, 0.5) is 4.39 Å². The Morgan fingerprint density at radius 1 is 1.15 bits per heavy atom. The van der Waals surface area contributed by atoms with E-state index in [1.165, 1.54) is 17.7 Å². The zero-order valence-electron chi connectivity index (χ0n) is 11.3. The summed E-state index contributed by atoms with van der Waals surface area (Å²) < 4.78 is 13.3. The van der Waals surface area contributed by atoms with Crippen molar-refractivity contribution in [1.29, 1.82) is 0 Å². The minimum Gasteiger partial charge on any atom is -0.389 e. The summed E-state index contributed by atoms with van der Waals surface area (Å²) in [4.78, 5) is 2.37. The van der Waals surface area contributed by atoms with Crippen LogP contribution in [0.2, 0.25) is 0 Å². The topological polar surface area (TPSA) is 29.3 Å². The Bertz CT molecular complexity index is 599. The first-order valence-corrected chi connectivity index (χ1v) is 6.78. The molecule has 2 aromatic rings. The van der Waals surface area contributed by atoms with Gasteiger partial charge in [0.15, 0.2) is 0 Å². The fraction of sp³-hybridized carbons (Fsp3) is 0.188. The molecule has 2 aromatic carbocycles. The van der Waals surface area contributed by atoms with Crippen LogP contribution in [0.1, 0.15) is 16.7 Å². The van der Waals surface area contributed by atoms with Gasteiger partial charge in [-0.2, -0.15) is 0 Å². The quantitative estimate of drug-likeness (QED) is 0.857. The maximum atomic E-state index is 13.3. The molecule has 2 nitrogen and oxygen atoms in total. The Hall–Kier alpha value is -1.78. The lowest BCUT2D eigenvalue weighted by molar-refractivity contribution is 0.319. The molecule has 0 atom stereocenters. The minimum atomic E-state index is -0.317. The highest BCUT2D eigenvalue weighted by Crippen LogP contribution is 2.15. The molecule has 0 aliphatic rings. The summed E-state index contributed by atoms with van der Waals surface area (Å²) in [5.41, 5.74) is 8.44. The van der Waals surface area contributed by atoms with E-state index in [1.807, 2.05) is 25.2 Å². The molecular formula is C16H17FN2S. The molecule has 0 aliphatic heterocycles. The largest absolute Gasteiger partial charge is 0.389 e. The third kappa shape index (κ3) is 3.85. The minimum absolute atomic E-state index is 0.229. The van der Waals surface area contributed by atoms with Gasteiger partial charge in [-0.25, -0.2) is 4.39 Å². The maximum absolute atomic E-state index is 13.3. The van der Waals surface area contributed by atoms with Crippen LogP contribution in [0.25, 0.3) is 0 Å². The monoisotopic (exact) mass is 288 g/mol. The summed E-state index contributed by atoms with van der Waals surface area (Å²) >= 11 is 4.98. The first-order chi connectivity index (χ1) is 9.56. The fourth-order valence-corrected chi connectivity index (χ4v) is 2.35. The van der Waals surface area contributed by atoms with Crippen LogP contribution in [0.15, 0.2) is 48.5 Å². The highest BCUT2D eigenvalue weighted by Gasteiger charge is 2.09. The molecule has 2 rings (SSSR count). The van der Waals surface area contributed by atoms with Gasteiger partial charge in [-0.15, -0.1) is 0 Å². The second-order valence-electron chi connectivity index (χ2n) is 4.82. The van der Waals surface area contributed by atoms with Gasteiger partial charge < -0.3 is 5.73 Å². The van der Waals surface area contributed by atoms with Crippen LogP contribution in [0.5, 0.6) is 0 Å². The van der Waals surface area contributed by atoms with Crippen molar-refractivity contribution in [2.24, 2.45) is 5.73 Å². The predicted octanol–water partition coefficient (Wildman–Crippen LogP) is 3.09. The van der Waals surface area contributed by atoms with E-state index in [-0.39, 0.29) is 10.8 Å². The third-order valence-electron chi connectivity index (χ3n) is 3.07. The highest BCUT2D eigenvalue weighted by molar-refractivity contribution is 7.80. The van der Waals surface area contributed by atoms with E-state index >= 15 is 0 Å². The number of hydrogen-bond acceptors (Lipinski definition) is 2. The van der Waals surface area contributed by atoms with Gasteiger partial charge in [-0.1, -0.05) is 48.6 Å². The summed E-state index contributed by atoms with van der Waals surface area (Å²) in [5.74, 6) is -0.317. The molecule has 0 spiro atoms. The molecule has 0 saturated heterocycles. The molecule has 0 unspecified atom stereocenters. The van der Waals surface area contributed by atoms with E-state index in [1.54, 1.807) is 6.07 Å². The van der Waals surface area contributed by atoms with Crippen molar-refractivity contribution in [2.45, 2.75) is 13.1 Å². The Kier molecular flexibility index (Phi) is 4.82. The third-order valence-corrected chi connectivity index (χ3v) is 3.29. The SMILES string of the molecule is CN(Cc1ccccc1)Cc1ccc(F)cc1C(N)=S. The number of nitrogens with zero attached hydrogens (tertiary/aromatic N) is 1. The number of halogens is 1. The smallest absolute Gasteiger partial charge is 0.123 e. The van der Waals surface area contributed by atoms with Crippen LogP contribution < -0.4 is 5.73 Å². The van der Waals surface area contributed by atoms with Crippen molar-refractivity contribution in [1.82, 2.24) is 4.90 Å². The zero-order valence-corrected chi connectivity index (χ0v) is 12.2. The van der Waals surface area contributed by atoms with E-state index in [0.29, 0.717) is 12.1 Å². The van der Waals surface area contributed by atoms with Gasteiger partial charge in [0.05, 0.1) is 0 Å². The molecule has 0 radical (unpaired) electrons. The zero-order chi connectivity index (χ0) is 14.5. The summed E-state index contributed by atoms with van der Waals surface area (Å²) in [5, 5.41) is 0. The average molecular weight is 288 g/mol. The van der Waals surface area contributed by atoms with E-state index in [4.69, 9.17) is 18.0 Å². The van der Waals surface area contributed by atoms with Crippen LogP contribution >= 0.6 is 12.2 Å². The van der Waals surface area contributed by atoms with Gasteiger partial charge in [0.2, 0.25) is 0 Å². The van der Waals surface area contributed by atoms with Crippen molar-refractivity contribution < 1.29 is 4.39 Å². The summed E-state index contributed by atoms with van der Waals surface area (Å²) in [6, 6.07) is 14.8. The van der Waals surface area contributed by atoms with Crippen LogP contribution in [0, 0.1) is 5.82 Å². The second kappa shape index (κ2) is 6.59. The number of nitrogens with two attached hydrogens (primary N) is 1. The fourth-order valence-electron chi connectivity index (χ4n) is 2.16. The van der Waals surface area contributed by atoms with Gasteiger partial charge >= 0.3 is 0 Å². The lowest BCUT2D eigenvalue weighted by Crippen LogP contribution is -2.21. The molecule has 0 fully saturated rings. The molecule has 4 heteroatoms. The van der Waals surface area contributed by atoms with Crippen molar-refractivity contribution in [2.75, 3.05) is 7.05 Å². The normalized spacial score (nSPS) is 10.8. The van der Waals surface area contributed by atoms with Gasteiger partial charge in [0.25, 0.3) is 0 Å². The first-order valence-electron chi connectivity index (χ1n) is 6.37. The Balaban J connectivity index is 2.11. The molecule has 20 heavy (non-hydrogen) atoms. The molecule has 0 amide bonds. The van der Waals surface area contributed by atoms with E-state index in [9.17, 15) is 4.39 Å². The van der Waals surface area contributed by atoms with E-state index in [2.05, 4.69) is 17.0 Å². The van der Waals surface area contributed by atoms with Crippen LogP contribution in [-0.2, 0) is 13.1 Å². The number of benzene rings is 2.